The van der Waals surface area contributed by atoms with E-state index in [4.69, 9.17) is 4.74 Å². The summed E-state index contributed by atoms with van der Waals surface area (Å²) in [7, 11) is 1.67. The molecule has 7 heteroatoms. The summed E-state index contributed by atoms with van der Waals surface area (Å²) in [6, 6.07) is 0. The lowest BCUT2D eigenvalue weighted by Gasteiger charge is -2.30. The summed E-state index contributed by atoms with van der Waals surface area (Å²) in [5.41, 5.74) is 2.24. The zero-order chi connectivity index (χ0) is 18.8. The van der Waals surface area contributed by atoms with Crippen molar-refractivity contribution in [1.29, 1.82) is 0 Å². The fraction of sp³-hybridized carbons (Fsp3) is 0.368. The SMILES string of the molecule is C=CCO[C@@H]1C=CC=C[C@H]1[C@H](c1c(C)[nH][nH]c1=O)c1c(C)[nH]n(C)c1=O. The Morgan fingerprint density at radius 2 is 1.92 bits per heavy atom. The second-order valence-electron chi connectivity index (χ2n) is 6.54. The van der Waals surface area contributed by atoms with Crippen molar-refractivity contribution in [2.75, 3.05) is 6.61 Å². The van der Waals surface area contributed by atoms with Crippen molar-refractivity contribution in [2.24, 2.45) is 13.0 Å². The van der Waals surface area contributed by atoms with Crippen LogP contribution in [-0.4, -0.2) is 32.7 Å². The standard InChI is InChI=1S/C19H24N4O3/c1-5-10-26-14-9-7-6-8-13(14)17(15-11(2)20-21-18(15)24)16-12(3)22-23(4)19(16)25/h5-9,13-14,17,22H,1,10H2,2-4H3,(H2,20,21,24)/t13-,14-,17-/m1/s1. The van der Waals surface area contributed by atoms with Crippen LogP contribution in [0.2, 0.25) is 0 Å². The average molecular weight is 356 g/mol. The smallest absolute Gasteiger partial charge is 0.270 e. The molecule has 0 unspecified atom stereocenters. The number of ether oxygens (including phenoxy) is 1. The molecule has 2 aromatic rings. The largest absolute Gasteiger partial charge is 0.369 e. The molecule has 2 aromatic heterocycles. The lowest BCUT2D eigenvalue weighted by molar-refractivity contribution is 0.0726. The van der Waals surface area contributed by atoms with Crippen LogP contribution >= 0.6 is 0 Å². The number of nitrogens with one attached hydrogen (secondary N) is 3. The van der Waals surface area contributed by atoms with Crippen LogP contribution in [-0.2, 0) is 11.8 Å². The summed E-state index contributed by atoms with van der Waals surface area (Å²) in [5, 5.41) is 8.54. The first-order valence-corrected chi connectivity index (χ1v) is 8.55. The van der Waals surface area contributed by atoms with Crippen molar-refractivity contribution < 1.29 is 4.74 Å². The lowest BCUT2D eigenvalue weighted by atomic mass is 9.76. The molecule has 0 aliphatic heterocycles. The van der Waals surface area contributed by atoms with Crippen LogP contribution < -0.4 is 11.1 Å². The normalized spacial score (nSPS) is 20.4. The molecule has 1 aliphatic rings. The number of aromatic amines is 3. The van der Waals surface area contributed by atoms with Gasteiger partial charge in [-0.15, -0.1) is 6.58 Å². The molecule has 0 saturated carbocycles. The van der Waals surface area contributed by atoms with Crippen molar-refractivity contribution in [3.8, 4) is 0 Å². The van der Waals surface area contributed by atoms with Gasteiger partial charge in [0.15, 0.2) is 0 Å². The topological polar surface area (TPSA) is 95.7 Å². The number of nitrogens with zero attached hydrogens (tertiary/aromatic N) is 1. The maximum atomic E-state index is 12.8. The molecule has 7 nitrogen and oxygen atoms in total. The van der Waals surface area contributed by atoms with Crippen molar-refractivity contribution >= 4 is 0 Å². The van der Waals surface area contributed by atoms with Gasteiger partial charge in [0.1, 0.15) is 0 Å². The van der Waals surface area contributed by atoms with Crippen LogP contribution in [0.15, 0.2) is 46.5 Å². The lowest BCUT2D eigenvalue weighted by Crippen LogP contribution is -2.34. The van der Waals surface area contributed by atoms with E-state index in [1.165, 1.54) is 4.68 Å². The van der Waals surface area contributed by atoms with Gasteiger partial charge >= 0.3 is 0 Å². The van der Waals surface area contributed by atoms with E-state index in [0.717, 1.165) is 5.69 Å². The van der Waals surface area contributed by atoms with Crippen LogP contribution in [0.5, 0.6) is 0 Å². The number of aromatic nitrogens is 4. The zero-order valence-corrected chi connectivity index (χ0v) is 15.2. The highest BCUT2D eigenvalue weighted by Crippen LogP contribution is 2.37. The van der Waals surface area contributed by atoms with Crippen LogP contribution in [0.3, 0.4) is 0 Å². The molecule has 0 fully saturated rings. The summed E-state index contributed by atoms with van der Waals surface area (Å²) in [6.45, 7) is 7.76. The van der Waals surface area contributed by atoms with Crippen molar-refractivity contribution in [3.05, 3.63) is 80.2 Å². The van der Waals surface area contributed by atoms with E-state index in [1.54, 1.807) is 13.1 Å². The Labute approximate surface area is 151 Å². The molecule has 3 atom stereocenters. The third-order valence-corrected chi connectivity index (χ3v) is 4.82. The van der Waals surface area contributed by atoms with E-state index in [2.05, 4.69) is 21.9 Å². The molecular formula is C19H24N4O3. The molecule has 1 aliphatic carbocycles. The molecule has 138 valence electrons. The number of rotatable bonds is 6. The summed E-state index contributed by atoms with van der Waals surface area (Å²) in [6.07, 6.45) is 9.20. The summed E-state index contributed by atoms with van der Waals surface area (Å²) in [4.78, 5) is 25.4. The Morgan fingerprint density at radius 1 is 1.19 bits per heavy atom. The fourth-order valence-electron chi connectivity index (χ4n) is 3.68. The van der Waals surface area contributed by atoms with E-state index in [1.807, 2.05) is 38.2 Å². The first-order valence-electron chi connectivity index (χ1n) is 8.55. The molecule has 0 bridgehead atoms. The van der Waals surface area contributed by atoms with E-state index in [0.29, 0.717) is 23.4 Å². The summed E-state index contributed by atoms with van der Waals surface area (Å²) < 4.78 is 7.35. The highest BCUT2D eigenvalue weighted by atomic mass is 16.5. The van der Waals surface area contributed by atoms with E-state index >= 15 is 0 Å². The minimum Gasteiger partial charge on any atom is -0.369 e. The third-order valence-electron chi connectivity index (χ3n) is 4.82. The van der Waals surface area contributed by atoms with Gasteiger partial charge in [0, 0.05) is 41.4 Å². The molecule has 0 saturated heterocycles. The van der Waals surface area contributed by atoms with E-state index in [9.17, 15) is 9.59 Å². The number of allylic oxidation sites excluding steroid dienone is 2. The molecular weight excluding hydrogens is 332 g/mol. The maximum Gasteiger partial charge on any atom is 0.270 e. The van der Waals surface area contributed by atoms with Gasteiger partial charge in [-0.3, -0.25) is 24.5 Å². The number of hydrogen-bond donors (Lipinski definition) is 3. The summed E-state index contributed by atoms with van der Waals surface area (Å²) >= 11 is 0. The Hall–Kier alpha value is -2.80. The molecule has 0 radical (unpaired) electrons. The van der Waals surface area contributed by atoms with Crippen LogP contribution in [0.1, 0.15) is 28.4 Å². The molecule has 2 heterocycles. The zero-order valence-electron chi connectivity index (χ0n) is 15.2. The van der Waals surface area contributed by atoms with Gasteiger partial charge in [-0.2, -0.15) is 0 Å². The number of hydrogen-bond acceptors (Lipinski definition) is 3. The first-order chi connectivity index (χ1) is 12.5. The first kappa shape index (κ1) is 18.0. The Morgan fingerprint density at radius 3 is 2.50 bits per heavy atom. The van der Waals surface area contributed by atoms with Gasteiger partial charge in [-0.1, -0.05) is 30.4 Å². The van der Waals surface area contributed by atoms with Crippen LogP contribution in [0.25, 0.3) is 0 Å². The predicted molar refractivity (Wildman–Crippen MR) is 100 cm³/mol. The van der Waals surface area contributed by atoms with E-state index in [-0.39, 0.29) is 23.1 Å². The highest BCUT2D eigenvalue weighted by molar-refractivity contribution is 5.38. The molecule has 3 N–H and O–H groups in total. The molecule has 26 heavy (non-hydrogen) atoms. The Bertz CT molecular complexity index is 970. The minimum absolute atomic E-state index is 0.141. The third kappa shape index (κ3) is 3.06. The number of aryl methyl sites for hydroxylation is 3. The van der Waals surface area contributed by atoms with Gasteiger partial charge in [0.05, 0.1) is 12.7 Å². The minimum atomic E-state index is -0.439. The fourth-order valence-corrected chi connectivity index (χ4v) is 3.68. The van der Waals surface area contributed by atoms with Crippen molar-refractivity contribution in [1.82, 2.24) is 20.0 Å². The Kier molecular flexibility index (Phi) is 4.99. The second-order valence-corrected chi connectivity index (χ2v) is 6.54. The van der Waals surface area contributed by atoms with Gasteiger partial charge in [-0.25, -0.2) is 0 Å². The second kappa shape index (κ2) is 7.21. The van der Waals surface area contributed by atoms with Crippen LogP contribution in [0, 0.1) is 19.8 Å². The van der Waals surface area contributed by atoms with Gasteiger partial charge in [0.2, 0.25) is 0 Å². The maximum absolute atomic E-state index is 12.8. The number of H-pyrrole nitrogens is 3. The van der Waals surface area contributed by atoms with Gasteiger partial charge in [0.25, 0.3) is 11.1 Å². The van der Waals surface area contributed by atoms with Gasteiger partial charge < -0.3 is 9.84 Å². The monoisotopic (exact) mass is 356 g/mol. The summed E-state index contributed by atoms with van der Waals surface area (Å²) in [5.74, 6) is -0.635. The Balaban J connectivity index is 2.20. The molecule has 0 spiro atoms. The molecule has 0 aromatic carbocycles. The average Bonchev–Trinajstić information content (AvgIpc) is 3.08. The quantitative estimate of drug-likeness (QED) is 0.689. The van der Waals surface area contributed by atoms with Crippen molar-refractivity contribution in [2.45, 2.75) is 25.9 Å². The predicted octanol–water partition coefficient (Wildman–Crippen LogP) is 1.79. The molecule has 3 rings (SSSR count). The highest BCUT2D eigenvalue weighted by Gasteiger charge is 2.37. The van der Waals surface area contributed by atoms with Crippen LogP contribution in [0.4, 0.5) is 0 Å². The van der Waals surface area contributed by atoms with Gasteiger partial charge in [-0.05, 0) is 13.8 Å². The van der Waals surface area contributed by atoms with E-state index < -0.39 is 5.92 Å². The molecule has 0 amide bonds. The van der Waals surface area contributed by atoms with Crippen molar-refractivity contribution in [3.63, 3.8) is 0 Å².